The number of halogens is 2. The molecule has 2 N–H and O–H groups in total. The van der Waals surface area contributed by atoms with Gasteiger partial charge in [-0.25, -0.2) is 4.79 Å². The molecular formula is C31H28Cl2N2O6. The molecule has 0 saturated heterocycles. The van der Waals surface area contributed by atoms with Crippen LogP contribution in [0.3, 0.4) is 0 Å². The van der Waals surface area contributed by atoms with Crippen molar-refractivity contribution in [1.29, 1.82) is 0 Å². The quantitative estimate of drug-likeness (QED) is 0.285. The minimum absolute atomic E-state index is 0.0412. The summed E-state index contributed by atoms with van der Waals surface area (Å²) in [5.74, 6) is -0.704. The van der Waals surface area contributed by atoms with Gasteiger partial charge in [-0.05, 0) is 62.1 Å². The number of carboxylic acids is 1. The molecule has 1 aromatic carbocycles. The second-order valence-electron chi connectivity index (χ2n) is 9.84. The van der Waals surface area contributed by atoms with Crippen LogP contribution in [0.5, 0.6) is 0 Å². The standard InChI is InChI=1S/C31H28Cl2N2O6/c1-2-5-25-18(12-13-27(37)35(25)20-6-3-7-21(31(38)39)26(36)16-20)14-15-40-17-22-29(34-41-30(22)19-10-11-19)28-23(32)8-4-9-24(28)33/h2-6,8-9,14-16,19,36H,7,10-13,17H2,1H3,(H,38,39)/b5-2-,15-14+. The van der Waals surface area contributed by atoms with Crippen LogP contribution in [0.15, 0.2) is 93.7 Å². The Hall–Kier alpha value is -4.01. The molecule has 10 heteroatoms. The Morgan fingerprint density at radius 3 is 2.66 bits per heavy atom. The van der Waals surface area contributed by atoms with Gasteiger partial charge in [0.1, 0.15) is 23.8 Å². The van der Waals surface area contributed by atoms with Crippen molar-refractivity contribution in [2.24, 2.45) is 0 Å². The van der Waals surface area contributed by atoms with Crippen LogP contribution in [0.4, 0.5) is 0 Å². The number of aliphatic hydroxyl groups is 1. The number of nitrogens with zero attached hydrogens (tertiary/aromatic N) is 2. The van der Waals surface area contributed by atoms with E-state index < -0.39 is 5.97 Å². The summed E-state index contributed by atoms with van der Waals surface area (Å²) in [5, 5.41) is 25.0. The van der Waals surface area contributed by atoms with Crippen LogP contribution in [0, 0.1) is 0 Å². The summed E-state index contributed by atoms with van der Waals surface area (Å²) >= 11 is 12.9. The Labute approximate surface area is 247 Å². The van der Waals surface area contributed by atoms with Gasteiger partial charge in [0.05, 0.1) is 38.8 Å². The van der Waals surface area contributed by atoms with Crippen molar-refractivity contribution < 1.29 is 29.1 Å². The molecule has 1 amide bonds. The van der Waals surface area contributed by atoms with E-state index in [2.05, 4.69) is 5.16 Å². The lowest BCUT2D eigenvalue weighted by atomic mass is 9.99. The number of hydrogen-bond acceptors (Lipinski definition) is 6. The molecule has 1 aliphatic heterocycles. The number of carboxylic acid groups (broad SMARTS) is 1. The maximum atomic E-state index is 13.1. The molecule has 3 aliphatic rings. The third kappa shape index (κ3) is 6.04. The topological polar surface area (TPSA) is 113 Å². The molecule has 1 fully saturated rings. The summed E-state index contributed by atoms with van der Waals surface area (Å²) in [6.07, 6.45) is 14.3. The van der Waals surface area contributed by atoms with Crippen LogP contribution < -0.4 is 0 Å². The number of amides is 1. The molecule has 2 heterocycles. The van der Waals surface area contributed by atoms with E-state index in [0.717, 1.165) is 29.7 Å². The summed E-state index contributed by atoms with van der Waals surface area (Å²) in [6, 6.07) is 5.27. The maximum absolute atomic E-state index is 13.1. The molecular weight excluding hydrogens is 567 g/mol. The summed E-state index contributed by atoms with van der Waals surface area (Å²) in [4.78, 5) is 26.0. The van der Waals surface area contributed by atoms with Gasteiger partial charge in [-0.1, -0.05) is 46.6 Å². The van der Waals surface area contributed by atoms with E-state index in [1.807, 2.05) is 13.0 Å². The Kier molecular flexibility index (Phi) is 8.52. The number of carbonyl (C=O) groups excluding carboxylic acids is 1. The minimum Gasteiger partial charge on any atom is -0.507 e. The second-order valence-corrected chi connectivity index (χ2v) is 10.7. The highest BCUT2D eigenvalue weighted by atomic mass is 35.5. The van der Waals surface area contributed by atoms with Crippen molar-refractivity contribution >= 4 is 35.1 Å². The van der Waals surface area contributed by atoms with Gasteiger partial charge >= 0.3 is 5.97 Å². The zero-order chi connectivity index (χ0) is 29.1. The normalized spacial score (nSPS) is 18.1. The summed E-state index contributed by atoms with van der Waals surface area (Å²) in [7, 11) is 0. The zero-order valence-corrected chi connectivity index (χ0v) is 23.8. The minimum atomic E-state index is -1.21. The number of aliphatic hydroxyl groups excluding tert-OH is 1. The van der Waals surface area contributed by atoms with Gasteiger partial charge < -0.3 is 19.5 Å². The van der Waals surface area contributed by atoms with Crippen LogP contribution in [0.25, 0.3) is 11.3 Å². The third-order valence-electron chi connectivity index (χ3n) is 7.03. The fraction of sp³-hybridized carbons (Fsp3) is 0.258. The summed E-state index contributed by atoms with van der Waals surface area (Å²) < 4.78 is 11.7. The number of ether oxygens (including phenoxy) is 1. The highest BCUT2D eigenvalue weighted by molar-refractivity contribution is 6.39. The van der Waals surface area contributed by atoms with E-state index in [4.69, 9.17) is 32.5 Å². The van der Waals surface area contributed by atoms with E-state index in [9.17, 15) is 19.8 Å². The Balaban J connectivity index is 1.43. The first-order valence-electron chi connectivity index (χ1n) is 13.2. The van der Waals surface area contributed by atoms with Crippen LogP contribution in [0.2, 0.25) is 10.0 Å². The van der Waals surface area contributed by atoms with E-state index in [0.29, 0.717) is 39.1 Å². The predicted octanol–water partition coefficient (Wildman–Crippen LogP) is 7.75. The summed E-state index contributed by atoms with van der Waals surface area (Å²) in [6.45, 7) is 2.02. The van der Waals surface area contributed by atoms with Crippen molar-refractivity contribution in [2.45, 2.75) is 51.6 Å². The fourth-order valence-corrected chi connectivity index (χ4v) is 5.45. The van der Waals surface area contributed by atoms with E-state index in [-0.39, 0.29) is 42.6 Å². The van der Waals surface area contributed by atoms with Gasteiger partial charge in [0.25, 0.3) is 0 Å². The highest BCUT2D eigenvalue weighted by Crippen LogP contribution is 2.46. The molecule has 1 aromatic heterocycles. The number of rotatable bonds is 9. The Morgan fingerprint density at radius 2 is 1.98 bits per heavy atom. The molecule has 0 radical (unpaired) electrons. The van der Waals surface area contributed by atoms with E-state index in [1.165, 1.54) is 11.0 Å². The lowest BCUT2D eigenvalue weighted by molar-refractivity contribution is -0.133. The molecule has 2 aromatic rings. The van der Waals surface area contributed by atoms with Crippen LogP contribution in [-0.4, -0.2) is 32.1 Å². The van der Waals surface area contributed by atoms with Crippen LogP contribution in [-0.2, 0) is 20.9 Å². The average molecular weight is 595 g/mol. The lowest BCUT2D eigenvalue weighted by Gasteiger charge is -2.30. The van der Waals surface area contributed by atoms with E-state index >= 15 is 0 Å². The number of allylic oxidation sites excluding steroid dienone is 7. The largest absolute Gasteiger partial charge is 0.507 e. The Bertz CT molecular complexity index is 1550. The maximum Gasteiger partial charge on any atom is 0.335 e. The van der Waals surface area contributed by atoms with Gasteiger partial charge in [0, 0.05) is 30.4 Å². The van der Waals surface area contributed by atoms with Gasteiger partial charge in [0.15, 0.2) is 0 Å². The van der Waals surface area contributed by atoms with Crippen molar-refractivity contribution in [1.82, 2.24) is 10.1 Å². The number of carbonyl (C=O) groups is 2. The number of aromatic nitrogens is 1. The van der Waals surface area contributed by atoms with Crippen molar-refractivity contribution in [3.63, 3.8) is 0 Å². The molecule has 0 bridgehead atoms. The number of hydrogen-bond donors (Lipinski definition) is 2. The van der Waals surface area contributed by atoms with Crippen LogP contribution >= 0.6 is 23.2 Å². The smallest absolute Gasteiger partial charge is 0.335 e. The molecule has 2 aliphatic carbocycles. The first-order chi connectivity index (χ1) is 19.8. The number of aliphatic carboxylic acids is 1. The average Bonchev–Trinajstić information content (AvgIpc) is 3.72. The predicted molar refractivity (Wildman–Crippen MR) is 155 cm³/mol. The molecule has 1 saturated carbocycles. The third-order valence-corrected chi connectivity index (χ3v) is 7.66. The molecule has 0 unspecified atom stereocenters. The van der Waals surface area contributed by atoms with Gasteiger partial charge in [0.2, 0.25) is 5.91 Å². The van der Waals surface area contributed by atoms with Crippen LogP contribution in [0.1, 0.15) is 56.3 Å². The second kappa shape index (κ2) is 12.2. The highest BCUT2D eigenvalue weighted by Gasteiger charge is 2.34. The lowest BCUT2D eigenvalue weighted by Crippen LogP contribution is -2.32. The van der Waals surface area contributed by atoms with Crippen molar-refractivity contribution in [3.8, 4) is 11.3 Å². The van der Waals surface area contributed by atoms with Gasteiger partial charge in [-0.3, -0.25) is 9.69 Å². The van der Waals surface area contributed by atoms with Gasteiger partial charge in [-0.2, -0.15) is 0 Å². The monoisotopic (exact) mass is 594 g/mol. The van der Waals surface area contributed by atoms with Gasteiger partial charge in [-0.15, -0.1) is 0 Å². The van der Waals surface area contributed by atoms with Crippen molar-refractivity contribution in [3.05, 3.63) is 111 Å². The Morgan fingerprint density at radius 1 is 1.22 bits per heavy atom. The van der Waals surface area contributed by atoms with Crippen molar-refractivity contribution in [2.75, 3.05) is 0 Å². The molecule has 0 spiro atoms. The fourth-order valence-electron chi connectivity index (χ4n) is 4.87. The summed E-state index contributed by atoms with van der Waals surface area (Å²) in [5.41, 5.74) is 3.64. The molecule has 5 rings (SSSR count). The molecule has 41 heavy (non-hydrogen) atoms. The SMILES string of the molecule is C/C=C\C1=C(/C=C/OCc2c(-c3c(Cl)cccc3Cl)noc2C2CC2)CCC(=O)N1C1=CC(O)=C(C(=O)O)CC=C1. The first kappa shape index (κ1) is 28.5. The number of benzene rings is 1. The molecule has 212 valence electrons. The molecule has 8 nitrogen and oxygen atoms in total. The molecule has 0 atom stereocenters. The first-order valence-corrected chi connectivity index (χ1v) is 14.0. The van der Waals surface area contributed by atoms with E-state index in [1.54, 1.807) is 48.8 Å². The zero-order valence-electron chi connectivity index (χ0n) is 22.3.